The summed E-state index contributed by atoms with van der Waals surface area (Å²) in [6.45, 7) is 0.726. The van der Waals surface area contributed by atoms with Gasteiger partial charge in [-0.15, -0.1) is 0 Å². The first-order chi connectivity index (χ1) is 9.99. The highest BCUT2D eigenvalue weighted by molar-refractivity contribution is 5.82. The number of rotatable bonds is 2. The summed E-state index contributed by atoms with van der Waals surface area (Å²) in [5.41, 5.74) is -4.76. The van der Waals surface area contributed by atoms with Crippen molar-refractivity contribution in [2.45, 2.75) is 49.6 Å². The lowest BCUT2D eigenvalue weighted by atomic mass is 10.0. The maximum Gasteiger partial charge on any atom is 0.346 e. The molecule has 6 atom stereocenters. The van der Waals surface area contributed by atoms with E-state index in [-0.39, 0.29) is 0 Å². The summed E-state index contributed by atoms with van der Waals surface area (Å²) in [6.07, 6.45) is -5.39. The van der Waals surface area contributed by atoms with Gasteiger partial charge in [-0.25, -0.2) is 18.4 Å². The van der Waals surface area contributed by atoms with Gasteiger partial charge in [-0.05, 0) is 13.8 Å². The number of alkyl halides is 2. The molecule has 22 heavy (non-hydrogen) atoms. The smallest absolute Gasteiger partial charge is 0.346 e. The number of hydrogen-bond acceptors (Lipinski definition) is 8. The number of ether oxygens (including phenoxy) is 2. The average Bonchev–Trinajstić information content (AvgIpc) is 2.78. The van der Waals surface area contributed by atoms with Crippen molar-refractivity contribution in [1.29, 1.82) is 0 Å². The number of aliphatic hydroxyl groups excluding tert-OH is 4. The van der Waals surface area contributed by atoms with Gasteiger partial charge in [0.1, 0.15) is 12.2 Å². The largest absolute Gasteiger partial charge is 0.455 e. The molecule has 2 aliphatic heterocycles. The van der Waals surface area contributed by atoms with E-state index in [1.165, 1.54) is 0 Å². The Morgan fingerprint density at radius 1 is 0.909 bits per heavy atom. The third-order valence-electron chi connectivity index (χ3n) is 3.49. The second-order valence-electron chi connectivity index (χ2n) is 5.29. The molecular formula is C12H18F2O8. The van der Waals surface area contributed by atoms with Crippen molar-refractivity contribution in [3.63, 3.8) is 0 Å². The van der Waals surface area contributed by atoms with Gasteiger partial charge in [0.15, 0.2) is 12.2 Å². The Kier molecular flexibility index (Phi) is 5.44. The van der Waals surface area contributed by atoms with Crippen LogP contribution >= 0.6 is 0 Å². The summed E-state index contributed by atoms with van der Waals surface area (Å²) in [5.74, 6) is -2.24. The molecule has 0 amide bonds. The first-order valence-corrected chi connectivity index (χ1v) is 6.38. The van der Waals surface area contributed by atoms with Crippen LogP contribution < -0.4 is 0 Å². The summed E-state index contributed by atoms with van der Waals surface area (Å²) in [4.78, 5) is 21.2. The molecule has 8 nitrogen and oxygen atoms in total. The summed E-state index contributed by atoms with van der Waals surface area (Å²) in [6, 6.07) is 0. The SMILES string of the molecule is C[C@@]1(F)C(=O)O[C@H](CO)[C@@H]1O.C[C@]1(F)C(=O)O[C@H](CO)[C@H]1O. The third kappa shape index (κ3) is 3.19. The molecule has 0 spiro atoms. The van der Waals surface area contributed by atoms with Crippen molar-refractivity contribution >= 4 is 11.9 Å². The second-order valence-corrected chi connectivity index (χ2v) is 5.29. The molecule has 0 aromatic rings. The highest BCUT2D eigenvalue weighted by Crippen LogP contribution is 2.29. The van der Waals surface area contributed by atoms with Crippen molar-refractivity contribution in [3.05, 3.63) is 0 Å². The normalized spacial score (nSPS) is 44.2. The zero-order valence-corrected chi connectivity index (χ0v) is 11.9. The first-order valence-electron chi connectivity index (χ1n) is 6.38. The fourth-order valence-corrected chi connectivity index (χ4v) is 1.85. The van der Waals surface area contributed by atoms with Gasteiger partial charge < -0.3 is 29.9 Å². The van der Waals surface area contributed by atoms with Crippen LogP contribution in [0.1, 0.15) is 13.8 Å². The van der Waals surface area contributed by atoms with Crippen LogP contribution in [0, 0.1) is 0 Å². The summed E-state index contributed by atoms with van der Waals surface area (Å²) in [5, 5.41) is 35.0. The van der Waals surface area contributed by atoms with E-state index in [4.69, 9.17) is 20.4 Å². The van der Waals surface area contributed by atoms with E-state index in [1.807, 2.05) is 0 Å². The molecule has 0 aliphatic carbocycles. The van der Waals surface area contributed by atoms with Crippen molar-refractivity contribution in [2.75, 3.05) is 13.2 Å². The van der Waals surface area contributed by atoms with E-state index in [0.717, 1.165) is 13.8 Å². The predicted octanol–water partition coefficient (Wildman–Crippen LogP) is -2.01. The second kappa shape index (κ2) is 6.41. The van der Waals surface area contributed by atoms with Crippen LogP contribution in [0.2, 0.25) is 0 Å². The van der Waals surface area contributed by atoms with Gasteiger partial charge in [-0.2, -0.15) is 0 Å². The lowest BCUT2D eigenvalue weighted by Crippen LogP contribution is -2.40. The van der Waals surface area contributed by atoms with E-state index < -0.39 is 60.9 Å². The maximum atomic E-state index is 13.0. The molecule has 4 N–H and O–H groups in total. The summed E-state index contributed by atoms with van der Waals surface area (Å²) < 4.78 is 34.6. The Bertz CT molecular complexity index is 399. The Morgan fingerprint density at radius 3 is 1.27 bits per heavy atom. The molecule has 2 rings (SSSR count). The topological polar surface area (TPSA) is 134 Å². The number of halogens is 2. The molecule has 0 aromatic carbocycles. The van der Waals surface area contributed by atoms with Gasteiger partial charge in [0, 0.05) is 0 Å². The van der Waals surface area contributed by atoms with Crippen LogP contribution in [0.25, 0.3) is 0 Å². The van der Waals surface area contributed by atoms with Crippen LogP contribution in [-0.4, -0.2) is 81.3 Å². The number of carbonyl (C=O) groups is 2. The van der Waals surface area contributed by atoms with Gasteiger partial charge in [0.25, 0.3) is 0 Å². The molecule has 0 unspecified atom stereocenters. The fraction of sp³-hybridized carbons (Fsp3) is 0.833. The van der Waals surface area contributed by atoms with E-state index in [1.54, 1.807) is 0 Å². The third-order valence-corrected chi connectivity index (χ3v) is 3.49. The minimum Gasteiger partial charge on any atom is -0.455 e. The monoisotopic (exact) mass is 328 g/mol. The standard InChI is InChI=1S/2C6H9FO4/c2*1-6(7)4(9)3(2-8)11-5(6)10/h2*3-4,8-9H,2H2,1H3/t3-,4+,6+;3-,4-,6-/m11/s1. The predicted molar refractivity (Wildman–Crippen MR) is 65.0 cm³/mol. The van der Waals surface area contributed by atoms with Crippen molar-refractivity contribution in [2.24, 2.45) is 0 Å². The van der Waals surface area contributed by atoms with Crippen LogP contribution in [0.4, 0.5) is 8.78 Å². The quantitative estimate of drug-likeness (QED) is 0.427. The van der Waals surface area contributed by atoms with Crippen molar-refractivity contribution in [3.8, 4) is 0 Å². The highest BCUT2D eigenvalue weighted by Gasteiger charge is 2.55. The maximum absolute atomic E-state index is 13.0. The molecule has 2 saturated heterocycles. The van der Waals surface area contributed by atoms with Crippen molar-refractivity contribution < 1.29 is 48.3 Å². The summed E-state index contributed by atoms with van der Waals surface area (Å²) >= 11 is 0. The molecule has 0 aromatic heterocycles. The highest BCUT2D eigenvalue weighted by atomic mass is 19.1. The van der Waals surface area contributed by atoms with E-state index in [0.29, 0.717) is 0 Å². The molecule has 2 fully saturated rings. The molecule has 128 valence electrons. The van der Waals surface area contributed by atoms with Gasteiger partial charge in [-0.3, -0.25) is 0 Å². The van der Waals surface area contributed by atoms with Crippen LogP contribution in [-0.2, 0) is 19.1 Å². The molecule has 0 radical (unpaired) electrons. The first kappa shape index (κ1) is 18.7. The number of cyclic esters (lactones) is 2. The van der Waals surface area contributed by atoms with Crippen LogP contribution in [0.15, 0.2) is 0 Å². The van der Waals surface area contributed by atoms with Gasteiger partial charge in [0.2, 0.25) is 11.3 Å². The molecular weight excluding hydrogens is 310 g/mol. The van der Waals surface area contributed by atoms with E-state index >= 15 is 0 Å². The van der Waals surface area contributed by atoms with Crippen LogP contribution in [0.5, 0.6) is 0 Å². The molecule has 2 heterocycles. The minimum absolute atomic E-state index is 0.563. The number of carbonyl (C=O) groups excluding carboxylic acids is 2. The minimum atomic E-state index is -2.38. The van der Waals surface area contributed by atoms with E-state index in [9.17, 15) is 18.4 Å². The Morgan fingerprint density at radius 2 is 1.18 bits per heavy atom. The molecule has 0 saturated carbocycles. The Hall–Kier alpha value is -1.36. The lowest BCUT2D eigenvalue weighted by Gasteiger charge is -2.14. The Labute approximate surface area is 124 Å². The molecule has 2 aliphatic rings. The molecule has 10 heteroatoms. The number of esters is 2. The molecule has 0 bridgehead atoms. The zero-order valence-electron chi connectivity index (χ0n) is 11.9. The number of hydrogen-bond donors (Lipinski definition) is 4. The average molecular weight is 328 g/mol. The number of aliphatic hydroxyl groups is 4. The lowest BCUT2D eigenvalue weighted by molar-refractivity contribution is -0.151. The van der Waals surface area contributed by atoms with Gasteiger partial charge in [0.05, 0.1) is 13.2 Å². The van der Waals surface area contributed by atoms with Crippen LogP contribution in [0.3, 0.4) is 0 Å². The van der Waals surface area contributed by atoms with Gasteiger partial charge in [-0.1, -0.05) is 0 Å². The van der Waals surface area contributed by atoms with Gasteiger partial charge >= 0.3 is 11.9 Å². The van der Waals surface area contributed by atoms with E-state index in [2.05, 4.69) is 9.47 Å². The fourth-order valence-electron chi connectivity index (χ4n) is 1.85. The Balaban J connectivity index is 0.000000220. The summed E-state index contributed by atoms with van der Waals surface area (Å²) in [7, 11) is 0. The van der Waals surface area contributed by atoms with Crippen molar-refractivity contribution in [1.82, 2.24) is 0 Å². The zero-order chi connectivity index (χ0) is 17.3.